The minimum absolute atomic E-state index is 0.113. The smallest absolute Gasteiger partial charge is 0.266 e. The SMILES string of the molecule is Cc1nc(N[C@H](C)c2cccc(C(F)F)c2F)c2cc(C3(C#N)CCN(Cc4ccccc4)CC3)c(C)nc2n1. The predicted octanol–water partition coefficient (Wildman–Crippen LogP) is 6.95. The van der Waals surface area contributed by atoms with E-state index in [0.29, 0.717) is 35.5 Å². The first-order valence-electron chi connectivity index (χ1n) is 13.4. The van der Waals surface area contributed by atoms with E-state index in [-0.39, 0.29) is 5.56 Å². The number of pyridine rings is 1. The van der Waals surface area contributed by atoms with Gasteiger partial charge in [-0.3, -0.25) is 4.90 Å². The van der Waals surface area contributed by atoms with Crippen molar-refractivity contribution in [2.75, 3.05) is 18.4 Å². The Morgan fingerprint density at radius 1 is 1.00 bits per heavy atom. The summed E-state index contributed by atoms with van der Waals surface area (Å²) in [5.74, 6) is -0.0546. The van der Waals surface area contributed by atoms with Crippen molar-refractivity contribution in [3.8, 4) is 6.07 Å². The fourth-order valence-electron chi connectivity index (χ4n) is 5.58. The Morgan fingerprint density at radius 3 is 2.38 bits per heavy atom. The van der Waals surface area contributed by atoms with Crippen molar-refractivity contribution in [2.24, 2.45) is 0 Å². The normalized spacial score (nSPS) is 16.1. The highest BCUT2D eigenvalue weighted by Gasteiger charge is 2.38. The van der Waals surface area contributed by atoms with E-state index in [1.54, 1.807) is 13.8 Å². The van der Waals surface area contributed by atoms with Crippen LogP contribution in [0.5, 0.6) is 0 Å². The van der Waals surface area contributed by atoms with Crippen molar-refractivity contribution < 1.29 is 13.2 Å². The molecule has 206 valence electrons. The molecule has 2 aromatic carbocycles. The number of nitrogens with one attached hydrogen (secondary N) is 1. The van der Waals surface area contributed by atoms with Gasteiger partial charge >= 0.3 is 0 Å². The molecular formula is C31H31F3N6. The van der Waals surface area contributed by atoms with E-state index in [9.17, 15) is 18.4 Å². The second kappa shape index (κ2) is 11.2. The maximum absolute atomic E-state index is 14.9. The Balaban J connectivity index is 1.46. The third-order valence-electron chi connectivity index (χ3n) is 7.79. The van der Waals surface area contributed by atoms with Crippen LogP contribution in [0.3, 0.4) is 0 Å². The number of rotatable bonds is 7. The van der Waals surface area contributed by atoms with E-state index in [0.717, 1.165) is 37.0 Å². The van der Waals surface area contributed by atoms with Crippen LogP contribution >= 0.6 is 0 Å². The van der Waals surface area contributed by atoms with E-state index in [1.807, 2.05) is 31.2 Å². The van der Waals surface area contributed by atoms with Gasteiger partial charge in [0.15, 0.2) is 5.65 Å². The van der Waals surface area contributed by atoms with E-state index in [2.05, 4.69) is 38.4 Å². The second-order valence-corrected chi connectivity index (χ2v) is 10.5. The lowest BCUT2D eigenvalue weighted by molar-refractivity contribution is 0.146. The molecule has 5 rings (SSSR count). The van der Waals surface area contributed by atoms with Crippen LogP contribution in [0.25, 0.3) is 11.0 Å². The van der Waals surface area contributed by atoms with Gasteiger partial charge in [0.05, 0.1) is 28.5 Å². The Morgan fingerprint density at radius 2 is 1.70 bits per heavy atom. The van der Waals surface area contributed by atoms with Gasteiger partial charge in [0, 0.05) is 30.9 Å². The van der Waals surface area contributed by atoms with Crippen LogP contribution in [-0.4, -0.2) is 32.9 Å². The molecule has 1 aliphatic rings. The largest absolute Gasteiger partial charge is 0.363 e. The number of nitrogens with zero attached hydrogens (tertiary/aromatic N) is 5. The standard InChI is InChI=1S/C31H31F3N6/c1-19(23-10-7-11-24(27(23)32)28(33)34)36-29-25-16-26(20(2)37-30(25)39-21(3)38-29)31(18-35)12-14-40(15-13-31)17-22-8-5-4-6-9-22/h4-11,16,19,28H,12-15,17H2,1-3H3,(H,36,37,38,39)/t19-/m1/s1. The first-order chi connectivity index (χ1) is 19.2. The summed E-state index contributed by atoms with van der Waals surface area (Å²) in [6.07, 6.45) is -1.60. The predicted molar refractivity (Wildman–Crippen MR) is 148 cm³/mol. The monoisotopic (exact) mass is 544 g/mol. The Hall–Kier alpha value is -4.03. The average Bonchev–Trinajstić information content (AvgIpc) is 2.93. The van der Waals surface area contributed by atoms with Crippen LogP contribution in [0.2, 0.25) is 0 Å². The molecular weight excluding hydrogens is 513 g/mol. The number of hydrogen-bond acceptors (Lipinski definition) is 6. The Labute approximate surface area is 231 Å². The van der Waals surface area contributed by atoms with E-state index >= 15 is 0 Å². The van der Waals surface area contributed by atoms with Gasteiger partial charge in [-0.15, -0.1) is 0 Å². The molecule has 0 unspecified atom stereocenters. The van der Waals surface area contributed by atoms with Crippen LogP contribution in [0.15, 0.2) is 54.6 Å². The highest BCUT2D eigenvalue weighted by atomic mass is 19.3. The molecule has 1 saturated heterocycles. The molecule has 6 nitrogen and oxygen atoms in total. The summed E-state index contributed by atoms with van der Waals surface area (Å²) >= 11 is 0. The maximum Gasteiger partial charge on any atom is 0.266 e. The molecule has 1 atom stereocenters. The molecule has 40 heavy (non-hydrogen) atoms. The molecule has 0 spiro atoms. The molecule has 0 saturated carbocycles. The molecule has 2 aromatic heterocycles. The zero-order chi connectivity index (χ0) is 28.4. The van der Waals surface area contributed by atoms with Gasteiger partial charge in [-0.1, -0.05) is 48.5 Å². The van der Waals surface area contributed by atoms with Crippen molar-refractivity contribution in [3.05, 3.63) is 94.2 Å². The number of aryl methyl sites for hydroxylation is 2. The Bertz CT molecular complexity index is 1560. The molecule has 0 amide bonds. The lowest BCUT2D eigenvalue weighted by Gasteiger charge is -2.38. The van der Waals surface area contributed by atoms with Gasteiger partial charge in [-0.25, -0.2) is 28.1 Å². The zero-order valence-electron chi connectivity index (χ0n) is 22.8. The van der Waals surface area contributed by atoms with Crippen LogP contribution in [-0.2, 0) is 12.0 Å². The van der Waals surface area contributed by atoms with Crippen molar-refractivity contribution >= 4 is 16.9 Å². The minimum atomic E-state index is -2.91. The molecule has 0 aliphatic carbocycles. The lowest BCUT2D eigenvalue weighted by Crippen LogP contribution is -2.42. The average molecular weight is 545 g/mol. The summed E-state index contributed by atoms with van der Waals surface area (Å²) in [5.41, 5.74) is 2.02. The molecule has 0 bridgehead atoms. The number of anilines is 1. The first kappa shape index (κ1) is 27.5. The molecule has 1 fully saturated rings. The summed E-state index contributed by atoms with van der Waals surface area (Å²) in [5, 5.41) is 14.2. The second-order valence-electron chi connectivity index (χ2n) is 10.5. The first-order valence-corrected chi connectivity index (χ1v) is 13.4. The third-order valence-corrected chi connectivity index (χ3v) is 7.79. The van der Waals surface area contributed by atoms with Crippen molar-refractivity contribution in [3.63, 3.8) is 0 Å². The Kier molecular flexibility index (Phi) is 7.72. The number of aromatic nitrogens is 3. The van der Waals surface area contributed by atoms with Gasteiger partial charge in [-0.2, -0.15) is 5.26 Å². The number of hydrogen-bond donors (Lipinski definition) is 1. The molecule has 1 aliphatic heterocycles. The number of halogens is 3. The van der Waals surface area contributed by atoms with Gasteiger partial charge in [0.2, 0.25) is 0 Å². The topological polar surface area (TPSA) is 77.7 Å². The summed E-state index contributed by atoms with van der Waals surface area (Å²) in [4.78, 5) is 16.2. The number of piperidine rings is 1. The van der Waals surface area contributed by atoms with Crippen LogP contribution < -0.4 is 5.32 Å². The van der Waals surface area contributed by atoms with E-state index in [1.165, 1.54) is 17.7 Å². The number of nitriles is 1. The van der Waals surface area contributed by atoms with Gasteiger partial charge in [0.1, 0.15) is 17.5 Å². The van der Waals surface area contributed by atoms with Crippen LogP contribution in [0, 0.1) is 31.0 Å². The zero-order valence-corrected chi connectivity index (χ0v) is 22.8. The van der Waals surface area contributed by atoms with Gasteiger partial charge < -0.3 is 5.32 Å². The summed E-state index contributed by atoms with van der Waals surface area (Å²) < 4.78 is 41.5. The lowest BCUT2D eigenvalue weighted by atomic mass is 9.73. The fourth-order valence-corrected chi connectivity index (χ4v) is 5.58. The van der Waals surface area contributed by atoms with E-state index in [4.69, 9.17) is 4.98 Å². The maximum atomic E-state index is 14.9. The summed E-state index contributed by atoms with van der Waals surface area (Å²) in [6, 6.07) is 18.1. The quantitative estimate of drug-likeness (QED) is 0.271. The molecule has 9 heteroatoms. The third kappa shape index (κ3) is 5.36. The van der Waals surface area contributed by atoms with Crippen LogP contribution in [0.4, 0.5) is 19.0 Å². The molecule has 1 N–H and O–H groups in total. The molecule has 3 heterocycles. The fraction of sp³-hybridized carbons (Fsp3) is 0.355. The van der Waals surface area contributed by atoms with Crippen molar-refractivity contribution in [1.82, 2.24) is 19.9 Å². The number of benzene rings is 2. The number of alkyl halides is 2. The highest BCUT2D eigenvalue weighted by molar-refractivity contribution is 5.87. The van der Waals surface area contributed by atoms with Crippen molar-refractivity contribution in [2.45, 2.75) is 58.0 Å². The molecule has 0 radical (unpaired) electrons. The summed E-state index contributed by atoms with van der Waals surface area (Å²) in [6.45, 7) is 7.69. The minimum Gasteiger partial charge on any atom is -0.363 e. The van der Waals surface area contributed by atoms with Gasteiger partial charge in [-0.05, 0) is 50.8 Å². The molecule has 4 aromatic rings. The summed E-state index contributed by atoms with van der Waals surface area (Å²) in [7, 11) is 0. The van der Waals surface area contributed by atoms with Crippen LogP contribution in [0.1, 0.15) is 66.0 Å². The highest BCUT2D eigenvalue weighted by Crippen LogP contribution is 2.39. The number of likely N-dealkylation sites (tertiary alicyclic amines) is 1. The van der Waals surface area contributed by atoms with Gasteiger partial charge in [0.25, 0.3) is 6.43 Å². The number of fused-ring (bicyclic) bond motifs is 1. The van der Waals surface area contributed by atoms with Crippen molar-refractivity contribution in [1.29, 1.82) is 5.26 Å². The van der Waals surface area contributed by atoms with E-state index < -0.39 is 29.3 Å².